The zero-order valence-electron chi connectivity index (χ0n) is 14.5. The zero-order valence-corrected chi connectivity index (χ0v) is 14.5. The van der Waals surface area contributed by atoms with E-state index < -0.39 is 0 Å². The van der Waals surface area contributed by atoms with Crippen molar-refractivity contribution in [2.45, 2.75) is 39.7 Å². The Kier molecular flexibility index (Phi) is 8.33. The Morgan fingerprint density at radius 3 is 2.35 bits per heavy atom. The third kappa shape index (κ3) is 6.82. The Labute approximate surface area is 138 Å². The molecule has 0 saturated heterocycles. The minimum atomic E-state index is -0.325. The van der Waals surface area contributed by atoms with Crippen molar-refractivity contribution in [1.82, 2.24) is 10.6 Å². The number of esters is 1. The van der Waals surface area contributed by atoms with Crippen molar-refractivity contribution in [2.24, 2.45) is 5.92 Å². The Bertz CT molecular complexity index is 497. The molecule has 0 aromatic heterocycles. The van der Waals surface area contributed by atoms with Crippen LogP contribution in [0.25, 0.3) is 0 Å². The maximum Gasteiger partial charge on any atom is 0.307 e. The Morgan fingerprint density at radius 1 is 1.17 bits per heavy atom. The summed E-state index contributed by atoms with van der Waals surface area (Å²) in [6.07, 6.45) is 1.21. The number of carbonyl (C=O) groups is 2. The van der Waals surface area contributed by atoms with E-state index in [1.807, 2.05) is 0 Å². The average Bonchev–Trinajstić information content (AvgIpc) is 2.55. The van der Waals surface area contributed by atoms with Crippen LogP contribution in [0.3, 0.4) is 0 Å². The molecule has 5 nitrogen and oxygen atoms in total. The molecule has 0 spiro atoms. The van der Waals surface area contributed by atoms with Crippen molar-refractivity contribution in [1.29, 1.82) is 0 Å². The van der Waals surface area contributed by atoms with Gasteiger partial charge in [-0.3, -0.25) is 9.59 Å². The first-order valence-electron chi connectivity index (χ1n) is 8.13. The molecule has 0 aliphatic carbocycles. The number of ether oxygens (including phenoxy) is 1. The topological polar surface area (TPSA) is 67.4 Å². The van der Waals surface area contributed by atoms with Crippen LogP contribution in [0.15, 0.2) is 24.3 Å². The molecule has 0 fully saturated rings. The van der Waals surface area contributed by atoms with Crippen molar-refractivity contribution in [3.05, 3.63) is 35.4 Å². The number of methoxy groups -OCH3 is 1. The van der Waals surface area contributed by atoms with E-state index in [-0.39, 0.29) is 30.9 Å². The SMILES string of the molecule is CCc1ccc(C(NCC(=O)NCCC(=O)OC)C(C)C)cc1. The van der Waals surface area contributed by atoms with Gasteiger partial charge in [-0.25, -0.2) is 0 Å². The second-order valence-electron chi connectivity index (χ2n) is 5.87. The summed E-state index contributed by atoms with van der Waals surface area (Å²) in [5.41, 5.74) is 2.48. The lowest BCUT2D eigenvalue weighted by Crippen LogP contribution is -2.38. The molecular formula is C18H28N2O3. The highest BCUT2D eigenvalue weighted by Gasteiger charge is 2.16. The van der Waals surface area contributed by atoms with Gasteiger partial charge in [0.1, 0.15) is 0 Å². The molecule has 1 amide bonds. The standard InChI is InChI=1S/C18H28N2O3/c1-5-14-6-8-15(9-7-14)18(13(2)3)20-12-16(21)19-11-10-17(22)23-4/h6-9,13,18,20H,5,10-12H2,1-4H3,(H,19,21). The number of carbonyl (C=O) groups excluding carboxylic acids is 2. The molecule has 5 heteroatoms. The molecule has 1 atom stereocenters. The molecule has 0 bridgehead atoms. The third-order valence-electron chi connectivity index (χ3n) is 3.78. The first-order chi connectivity index (χ1) is 11.0. The average molecular weight is 320 g/mol. The van der Waals surface area contributed by atoms with Gasteiger partial charge in [0.2, 0.25) is 5.91 Å². The number of hydrogen-bond acceptors (Lipinski definition) is 4. The van der Waals surface area contributed by atoms with E-state index in [0.717, 1.165) is 6.42 Å². The lowest BCUT2D eigenvalue weighted by atomic mass is 9.95. The molecule has 0 aliphatic heterocycles. The predicted octanol–water partition coefficient (Wildman–Crippen LogP) is 2.21. The fraction of sp³-hybridized carbons (Fsp3) is 0.556. The van der Waals surface area contributed by atoms with Gasteiger partial charge < -0.3 is 15.4 Å². The molecule has 0 saturated carbocycles. The molecule has 23 heavy (non-hydrogen) atoms. The number of aryl methyl sites for hydroxylation is 1. The molecule has 1 aromatic carbocycles. The van der Waals surface area contributed by atoms with Crippen LogP contribution in [-0.2, 0) is 20.7 Å². The van der Waals surface area contributed by atoms with Gasteiger partial charge in [-0.15, -0.1) is 0 Å². The number of nitrogens with one attached hydrogen (secondary N) is 2. The number of amides is 1. The highest BCUT2D eigenvalue weighted by molar-refractivity contribution is 5.78. The first kappa shape index (κ1) is 19.2. The second kappa shape index (κ2) is 10.0. The van der Waals surface area contributed by atoms with Crippen LogP contribution >= 0.6 is 0 Å². The molecule has 1 unspecified atom stereocenters. The van der Waals surface area contributed by atoms with Gasteiger partial charge in [0, 0.05) is 12.6 Å². The van der Waals surface area contributed by atoms with Crippen LogP contribution in [-0.4, -0.2) is 32.1 Å². The van der Waals surface area contributed by atoms with Crippen molar-refractivity contribution >= 4 is 11.9 Å². The lowest BCUT2D eigenvalue weighted by Gasteiger charge is -2.23. The van der Waals surface area contributed by atoms with Crippen LogP contribution in [0.1, 0.15) is 44.4 Å². The first-order valence-corrected chi connectivity index (χ1v) is 8.13. The van der Waals surface area contributed by atoms with Gasteiger partial charge in [0.25, 0.3) is 0 Å². The van der Waals surface area contributed by atoms with Gasteiger partial charge in [-0.2, -0.15) is 0 Å². The van der Waals surface area contributed by atoms with Crippen LogP contribution in [0.5, 0.6) is 0 Å². The van der Waals surface area contributed by atoms with E-state index >= 15 is 0 Å². The van der Waals surface area contributed by atoms with Crippen LogP contribution in [0.2, 0.25) is 0 Å². The summed E-state index contributed by atoms with van der Waals surface area (Å²) in [6.45, 7) is 6.90. The Morgan fingerprint density at radius 2 is 1.83 bits per heavy atom. The molecule has 128 valence electrons. The summed E-state index contributed by atoms with van der Waals surface area (Å²) in [5.74, 6) is -0.0793. The fourth-order valence-corrected chi connectivity index (χ4v) is 2.37. The predicted molar refractivity (Wildman–Crippen MR) is 91.0 cm³/mol. The van der Waals surface area contributed by atoms with Crippen molar-refractivity contribution in [3.8, 4) is 0 Å². The maximum atomic E-state index is 11.8. The van der Waals surface area contributed by atoms with Gasteiger partial charge in [-0.1, -0.05) is 45.0 Å². The largest absolute Gasteiger partial charge is 0.469 e. The zero-order chi connectivity index (χ0) is 17.2. The van der Waals surface area contributed by atoms with Gasteiger partial charge in [0.15, 0.2) is 0 Å². The summed E-state index contributed by atoms with van der Waals surface area (Å²) in [4.78, 5) is 22.8. The summed E-state index contributed by atoms with van der Waals surface area (Å²) in [6, 6.07) is 8.61. The van der Waals surface area contributed by atoms with Crippen LogP contribution < -0.4 is 10.6 Å². The minimum Gasteiger partial charge on any atom is -0.469 e. The van der Waals surface area contributed by atoms with Gasteiger partial charge in [0.05, 0.1) is 20.1 Å². The number of hydrogen-bond donors (Lipinski definition) is 2. The molecule has 1 rings (SSSR count). The fourth-order valence-electron chi connectivity index (χ4n) is 2.37. The van der Waals surface area contributed by atoms with Crippen molar-refractivity contribution in [3.63, 3.8) is 0 Å². The van der Waals surface area contributed by atoms with E-state index in [2.05, 4.69) is 60.4 Å². The van der Waals surface area contributed by atoms with E-state index in [0.29, 0.717) is 12.5 Å². The summed E-state index contributed by atoms with van der Waals surface area (Å²) < 4.78 is 4.53. The molecule has 0 radical (unpaired) electrons. The molecular weight excluding hydrogens is 292 g/mol. The van der Waals surface area contributed by atoms with Gasteiger partial charge >= 0.3 is 5.97 Å². The smallest absolute Gasteiger partial charge is 0.307 e. The maximum absolute atomic E-state index is 11.8. The molecule has 2 N–H and O–H groups in total. The van der Waals surface area contributed by atoms with E-state index in [4.69, 9.17) is 0 Å². The number of benzene rings is 1. The molecule has 0 aliphatic rings. The third-order valence-corrected chi connectivity index (χ3v) is 3.78. The number of rotatable bonds is 9. The van der Waals surface area contributed by atoms with Crippen LogP contribution in [0.4, 0.5) is 0 Å². The minimum absolute atomic E-state index is 0.118. The van der Waals surface area contributed by atoms with E-state index in [1.54, 1.807) is 0 Å². The summed E-state index contributed by atoms with van der Waals surface area (Å²) >= 11 is 0. The van der Waals surface area contributed by atoms with E-state index in [9.17, 15) is 9.59 Å². The highest BCUT2D eigenvalue weighted by atomic mass is 16.5. The van der Waals surface area contributed by atoms with Crippen LogP contribution in [0, 0.1) is 5.92 Å². The van der Waals surface area contributed by atoms with Crippen molar-refractivity contribution in [2.75, 3.05) is 20.2 Å². The lowest BCUT2D eigenvalue weighted by molar-refractivity contribution is -0.140. The normalized spacial score (nSPS) is 12.0. The summed E-state index contributed by atoms with van der Waals surface area (Å²) in [7, 11) is 1.34. The second-order valence-corrected chi connectivity index (χ2v) is 5.87. The van der Waals surface area contributed by atoms with Gasteiger partial charge in [-0.05, 0) is 23.5 Å². The molecule has 1 aromatic rings. The summed E-state index contributed by atoms with van der Waals surface area (Å²) in [5, 5.41) is 6.01. The Hall–Kier alpha value is -1.88. The highest BCUT2D eigenvalue weighted by Crippen LogP contribution is 2.21. The monoisotopic (exact) mass is 320 g/mol. The quantitative estimate of drug-likeness (QED) is 0.685. The van der Waals surface area contributed by atoms with Crippen molar-refractivity contribution < 1.29 is 14.3 Å². The van der Waals surface area contributed by atoms with E-state index in [1.165, 1.54) is 18.2 Å². The molecule has 0 heterocycles. The Balaban J connectivity index is 2.49.